The smallest absolute Gasteiger partial charge is 0.00219 e. The molecular weight excluding hydrogens is 362 g/mol. The van der Waals surface area contributed by atoms with E-state index in [0.29, 0.717) is 0 Å². The summed E-state index contributed by atoms with van der Waals surface area (Å²) in [5.74, 6) is 0. The molecule has 1 heteroatoms. The Bertz CT molecular complexity index is 257. The quantitative estimate of drug-likeness (QED) is 0.147. The third-order valence-corrected chi connectivity index (χ3v) is 6.39. The minimum absolute atomic E-state index is 1.19. The lowest BCUT2D eigenvalue weighted by Gasteiger charge is -2.12. The summed E-state index contributed by atoms with van der Waals surface area (Å²) >= 11 is 0. The van der Waals surface area contributed by atoms with Crippen molar-refractivity contribution >= 4 is 0 Å². The summed E-state index contributed by atoms with van der Waals surface area (Å²) in [4.78, 5) is 2.42. The van der Waals surface area contributed by atoms with E-state index in [0.717, 1.165) is 0 Å². The van der Waals surface area contributed by atoms with Crippen molar-refractivity contribution in [2.45, 2.75) is 169 Å². The van der Waals surface area contributed by atoms with E-state index in [1.807, 2.05) is 0 Å². The fourth-order valence-corrected chi connectivity index (χ4v) is 3.94. The number of rotatable bonds is 23. The molecule has 0 N–H and O–H groups in total. The number of hydrogen-bond acceptors (Lipinski definition) is 1. The largest absolute Gasteiger partial charge is 0.307 e. The lowest BCUT2D eigenvalue weighted by Crippen LogP contribution is -2.18. The molecule has 30 heavy (non-hydrogen) atoms. The molecule has 0 aliphatic rings. The van der Waals surface area contributed by atoms with E-state index in [2.05, 4.69) is 39.6 Å². The third kappa shape index (κ3) is 32.6. The van der Waals surface area contributed by atoms with Crippen molar-refractivity contribution in [3.63, 3.8) is 0 Å². The van der Waals surface area contributed by atoms with E-state index in [-0.39, 0.29) is 0 Å². The van der Waals surface area contributed by atoms with Gasteiger partial charge in [-0.2, -0.15) is 0 Å². The molecule has 0 aliphatic carbocycles. The fourth-order valence-electron chi connectivity index (χ4n) is 3.94. The van der Waals surface area contributed by atoms with Gasteiger partial charge in [0.1, 0.15) is 0 Å². The molecule has 0 radical (unpaired) electrons. The molecular formula is C29H63N. The molecule has 0 saturated heterocycles. The molecule has 0 rings (SSSR count). The van der Waals surface area contributed by atoms with Crippen LogP contribution in [0.4, 0.5) is 0 Å². The molecule has 0 aromatic heterocycles. The molecule has 0 amide bonds. The zero-order chi connectivity index (χ0) is 22.5. The third-order valence-electron chi connectivity index (χ3n) is 6.39. The first kappa shape index (κ1) is 32.1. The summed E-state index contributed by atoms with van der Waals surface area (Å²) in [6, 6.07) is 0. The minimum Gasteiger partial charge on any atom is -0.307 e. The van der Waals surface area contributed by atoms with Gasteiger partial charge in [-0.15, -0.1) is 0 Å². The lowest BCUT2D eigenvalue weighted by molar-refractivity contribution is 0.340. The van der Waals surface area contributed by atoms with E-state index in [1.54, 1.807) is 0 Å². The Morgan fingerprint density at radius 3 is 0.800 bits per heavy atom. The zero-order valence-electron chi connectivity index (χ0n) is 22.4. The molecule has 0 aromatic carbocycles. The highest BCUT2D eigenvalue weighted by Crippen LogP contribution is 2.13. The molecule has 0 spiro atoms. The van der Waals surface area contributed by atoms with Gasteiger partial charge in [0, 0.05) is 0 Å². The first-order chi connectivity index (χ1) is 14.7. The van der Waals surface area contributed by atoms with Gasteiger partial charge in [-0.05, 0) is 26.6 Å². The molecule has 0 heterocycles. The van der Waals surface area contributed by atoms with Crippen LogP contribution in [0, 0.1) is 0 Å². The van der Waals surface area contributed by atoms with Gasteiger partial charge < -0.3 is 4.90 Å². The van der Waals surface area contributed by atoms with E-state index >= 15 is 0 Å². The highest BCUT2D eigenvalue weighted by atomic mass is 15.1. The van der Waals surface area contributed by atoms with Crippen LogP contribution in [0.3, 0.4) is 0 Å². The second kappa shape index (κ2) is 31.1. The normalized spacial score (nSPS) is 11.0. The van der Waals surface area contributed by atoms with E-state index < -0.39 is 0 Å². The van der Waals surface area contributed by atoms with Crippen molar-refractivity contribution in [3.05, 3.63) is 0 Å². The van der Waals surface area contributed by atoms with Crippen LogP contribution in [-0.2, 0) is 0 Å². The zero-order valence-corrected chi connectivity index (χ0v) is 22.4. The monoisotopic (exact) mass is 425 g/mol. The Morgan fingerprint density at radius 2 is 0.567 bits per heavy atom. The Hall–Kier alpha value is -0.0400. The maximum atomic E-state index is 2.42. The maximum absolute atomic E-state index is 2.42. The average Bonchev–Trinajstić information content (AvgIpc) is 2.76. The van der Waals surface area contributed by atoms with E-state index in [4.69, 9.17) is 0 Å². The van der Waals surface area contributed by atoms with Crippen LogP contribution < -0.4 is 0 Å². The molecule has 1 nitrogen and oxygen atoms in total. The van der Waals surface area contributed by atoms with Crippen molar-refractivity contribution in [2.75, 3.05) is 20.1 Å². The van der Waals surface area contributed by atoms with E-state index in [1.165, 1.54) is 154 Å². The van der Waals surface area contributed by atoms with Gasteiger partial charge in [-0.1, -0.05) is 163 Å². The summed E-state index contributed by atoms with van der Waals surface area (Å²) < 4.78 is 0. The Labute approximate surface area is 194 Å². The topological polar surface area (TPSA) is 3.24 Å². The van der Waals surface area contributed by atoms with Crippen LogP contribution in [0.5, 0.6) is 0 Å². The number of unbranched alkanes of at least 4 members (excludes halogenated alkanes) is 20. The Kier molecular flexibility index (Phi) is 33.4. The van der Waals surface area contributed by atoms with Crippen molar-refractivity contribution in [1.29, 1.82) is 0 Å². The first-order valence-corrected chi connectivity index (χ1v) is 14.4. The number of nitrogens with zero attached hydrogens (tertiary/aromatic N) is 1. The van der Waals surface area contributed by atoms with Gasteiger partial charge in [0.05, 0.1) is 0 Å². The summed E-state index contributed by atoms with van der Waals surface area (Å²) in [5, 5.41) is 0. The molecule has 0 saturated carbocycles. The highest BCUT2D eigenvalue weighted by molar-refractivity contribution is 4.52. The Balaban J connectivity index is 0. The molecule has 0 unspecified atom stereocenters. The number of hydrogen-bond donors (Lipinski definition) is 0. The summed E-state index contributed by atoms with van der Waals surface area (Å²) in [6.45, 7) is 11.5. The van der Waals surface area contributed by atoms with Gasteiger partial charge in [0.15, 0.2) is 0 Å². The predicted molar refractivity (Wildman–Crippen MR) is 142 cm³/mol. The molecule has 0 aromatic rings. The van der Waals surface area contributed by atoms with Gasteiger partial charge in [-0.25, -0.2) is 0 Å². The molecule has 0 atom stereocenters. The SMILES string of the molecule is CCCCCCCC.CCCCCCCCCCCCCCCCCCN(C)CC. The van der Waals surface area contributed by atoms with E-state index in [9.17, 15) is 0 Å². The average molecular weight is 426 g/mol. The van der Waals surface area contributed by atoms with Crippen LogP contribution in [-0.4, -0.2) is 25.0 Å². The highest BCUT2D eigenvalue weighted by Gasteiger charge is 1.96. The second-order valence-electron chi connectivity index (χ2n) is 9.61. The van der Waals surface area contributed by atoms with Crippen molar-refractivity contribution in [1.82, 2.24) is 4.90 Å². The van der Waals surface area contributed by atoms with Crippen LogP contribution in [0.2, 0.25) is 0 Å². The molecule has 184 valence electrons. The van der Waals surface area contributed by atoms with Crippen LogP contribution in [0.25, 0.3) is 0 Å². The molecule has 0 aliphatic heterocycles. The summed E-state index contributed by atoms with van der Waals surface area (Å²) in [6.07, 6.45) is 31.8. The summed E-state index contributed by atoms with van der Waals surface area (Å²) in [7, 11) is 2.23. The Morgan fingerprint density at radius 1 is 0.333 bits per heavy atom. The van der Waals surface area contributed by atoms with Crippen molar-refractivity contribution in [2.24, 2.45) is 0 Å². The molecule has 0 fully saturated rings. The van der Waals surface area contributed by atoms with Gasteiger partial charge in [-0.3, -0.25) is 0 Å². The fraction of sp³-hybridized carbons (Fsp3) is 1.00. The van der Waals surface area contributed by atoms with Gasteiger partial charge in [0.25, 0.3) is 0 Å². The second-order valence-corrected chi connectivity index (χ2v) is 9.61. The maximum Gasteiger partial charge on any atom is -0.00219 e. The first-order valence-electron chi connectivity index (χ1n) is 14.4. The van der Waals surface area contributed by atoms with Crippen LogP contribution in [0.15, 0.2) is 0 Å². The van der Waals surface area contributed by atoms with Crippen LogP contribution in [0.1, 0.15) is 169 Å². The predicted octanol–water partition coefficient (Wildman–Crippen LogP) is 10.6. The van der Waals surface area contributed by atoms with Gasteiger partial charge in [0.2, 0.25) is 0 Å². The van der Waals surface area contributed by atoms with Crippen LogP contribution >= 0.6 is 0 Å². The standard InChI is InChI=1S/C21H45N.C8H18/c1-4-6-7-8-9-10-11-12-13-14-15-16-17-18-19-20-21-22(3)5-2;1-3-5-7-8-6-4-2/h4-21H2,1-3H3;3-8H2,1-2H3. The van der Waals surface area contributed by atoms with Gasteiger partial charge >= 0.3 is 0 Å². The molecule has 0 bridgehead atoms. The minimum atomic E-state index is 1.19. The lowest BCUT2D eigenvalue weighted by atomic mass is 10.0. The van der Waals surface area contributed by atoms with Crippen molar-refractivity contribution in [3.8, 4) is 0 Å². The summed E-state index contributed by atoms with van der Waals surface area (Å²) in [5.41, 5.74) is 0. The van der Waals surface area contributed by atoms with Crippen molar-refractivity contribution < 1.29 is 0 Å².